The van der Waals surface area contributed by atoms with E-state index >= 15 is 0 Å². The molecule has 2 aromatic carbocycles. The highest BCUT2D eigenvalue weighted by Crippen LogP contribution is 2.24. The van der Waals surface area contributed by atoms with Crippen molar-refractivity contribution in [1.82, 2.24) is 19.7 Å². The Morgan fingerprint density at radius 2 is 1.79 bits per heavy atom. The monoisotopic (exact) mass is 466 g/mol. The summed E-state index contributed by atoms with van der Waals surface area (Å²) in [6, 6.07) is 14.3. The minimum absolute atomic E-state index is 0.212. The molecule has 168 valence electrons. The number of rotatable bonds is 7. The molecule has 4 rings (SSSR count). The molecule has 0 saturated carbocycles. The van der Waals surface area contributed by atoms with Crippen LogP contribution in [0.15, 0.2) is 71.9 Å². The Hall–Kier alpha value is -4.32. The van der Waals surface area contributed by atoms with Gasteiger partial charge in [-0.2, -0.15) is 0 Å². The summed E-state index contributed by atoms with van der Waals surface area (Å²) in [6.45, 7) is 3.84. The second-order valence-electron chi connectivity index (χ2n) is 7.00. The van der Waals surface area contributed by atoms with Gasteiger partial charge < -0.3 is 4.74 Å². The number of nitro groups is 1. The van der Waals surface area contributed by atoms with Crippen LogP contribution in [0.1, 0.15) is 11.4 Å². The number of imidazole rings is 1. The number of non-ortho nitro benzene ring substituents is 1. The van der Waals surface area contributed by atoms with Crippen LogP contribution in [0.25, 0.3) is 5.82 Å². The lowest BCUT2D eigenvalue weighted by Gasteiger charge is -2.09. The zero-order valence-electron chi connectivity index (χ0n) is 17.5. The van der Waals surface area contributed by atoms with Crippen LogP contribution in [-0.2, 0) is 10.0 Å². The zero-order valence-corrected chi connectivity index (χ0v) is 18.4. The van der Waals surface area contributed by atoms with E-state index in [0.29, 0.717) is 11.6 Å². The van der Waals surface area contributed by atoms with Gasteiger partial charge in [0, 0.05) is 29.6 Å². The minimum atomic E-state index is -4.00. The zero-order chi connectivity index (χ0) is 23.6. The summed E-state index contributed by atoms with van der Waals surface area (Å²) in [5, 5.41) is 19.1. The van der Waals surface area contributed by atoms with Crippen LogP contribution < -0.4 is 9.46 Å². The van der Waals surface area contributed by atoms with Crippen LogP contribution in [0.3, 0.4) is 0 Å². The van der Waals surface area contributed by atoms with Crippen LogP contribution in [0.2, 0.25) is 0 Å². The summed E-state index contributed by atoms with van der Waals surface area (Å²) >= 11 is 0. The highest BCUT2D eigenvalue weighted by atomic mass is 32.2. The summed E-state index contributed by atoms with van der Waals surface area (Å²) in [6.07, 6.45) is 1.67. The van der Waals surface area contributed by atoms with Crippen molar-refractivity contribution in [3.63, 3.8) is 0 Å². The lowest BCUT2D eigenvalue weighted by molar-refractivity contribution is -0.385. The second-order valence-corrected chi connectivity index (χ2v) is 8.68. The molecule has 0 aliphatic carbocycles. The molecule has 0 bridgehead atoms. The SMILES string of the molecule is Cc1ncn(-c2ccc(Oc3ccc(NS(=O)(=O)c4cccc([N+](=O)[O-])c4)cc3)nn2)c1C. The molecule has 0 radical (unpaired) electrons. The Balaban J connectivity index is 1.45. The van der Waals surface area contributed by atoms with E-state index in [1.54, 1.807) is 30.6 Å². The molecule has 0 aliphatic rings. The number of sulfonamides is 1. The number of hydrogen-bond donors (Lipinski definition) is 1. The Kier molecular flexibility index (Phi) is 5.75. The van der Waals surface area contributed by atoms with Crippen molar-refractivity contribution in [3.8, 4) is 17.4 Å². The van der Waals surface area contributed by atoms with Crippen molar-refractivity contribution in [3.05, 3.63) is 88.5 Å². The summed E-state index contributed by atoms with van der Waals surface area (Å²) in [4.78, 5) is 14.3. The van der Waals surface area contributed by atoms with E-state index in [9.17, 15) is 18.5 Å². The van der Waals surface area contributed by atoms with Gasteiger partial charge in [0.2, 0.25) is 5.88 Å². The third-order valence-corrected chi connectivity index (χ3v) is 6.17. The standard InChI is InChI=1S/C21H18N6O5S/c1-14-15(2)26(13-22-14)20-10-11-21(24-23-20)32-18-8-6-16(7-9-18)25-33(30,31)19-5-3-4-17(12-19)27(28)29/h3-13,25H,1-2H3. The molecule has 12 heteroatoms. The van der Waals surface area contributed by atoms with Crippen molar-refractivity contribution in [2.75, 3.05) is 4.72 Å². The molecule has 0 unspecified atom stereocenters. The number of nitrogens with one attached hydrogen (secondary N) is 1. The predicted octanol–water partition coefficient (Wildman–Crippen LogP) is 3.78. The lowest BCUT2D eigenvalue weighted by atomic mass is 10.3. The third kappa shape index (κ3) is 4.80. The van der Waals surface area contributed by atoms with Gasteiger partial charge in [-0.15, -0.1) is 10.2 Å². The number of ether oxygens (including phenoxy) is 1. The fourth-order valence-corrected chi connectivity index (χ4v) is 4.01. The van der Waals surface area contributed by atoms with E-state index in [1.807, 2.05) is 18.4 Å². The number of benzene rings is 2. The van der Waals surface area contributed by atoms with Gasteiger partial charge in [-0.05, 0) is 50.2 Å². The van der Waals surface area contributed by atoms with Crippen LogP contribution >= 0.6 is 0 Å². The predicted molar refractivity (Wildman–Crippen MR) is 119 cm³/mol. The first-order valence-corrected chi connectivity index (χ1v) is 11.1. The van der Waals surface area contributed by atoms with Gasteiger partial charge in [-0.1, -0.05) is 6.07 Å². The molecule has 2 aromatic heterocycles. The average molecular weight is 466 g/mol. The molecule has 0 spiro atoms. The topological polar surface area (TPSA) is 142 Å². The van der Waals surface area contributed by atoms with Gasteiger partial charge in [-0.3, -0.25) is 19.4 Å². The summed E-state index contributed by atoms with van der Waals surface area (Å²) in [5.41, 5.74) is 1.81. The number of nitrogens with zero attached hydrogens (tertiary/aromatic N) is 5. The molecule has 4 aromatic rings. The Morgan fingerprint density at radius 3 is 2.39 bits per heavy atom. The average Bonchev–Trinajstić information content (AvgIpc) is 3.14. The molecular weight excluding hydrogens is 448 g/mol. The largest absolute Gasteiger partial charge is 0.438 e. The van der Waals surface area contributed by atoms with Crippen LogP contribution in [0.4, 0.5) is 11.4 Å². The van der Waals surface area contributed by atoms with Crippen LogP contribution in [0, 0.1) is 24.0 Å². The Bertz CT molecular complexity index is 1420. The van der Waals surface area contributed by atoms with Crippen molar-refractivity contribution in [2.24, 2.45) is 0 Å². The molecule has 0 saturated heterocycles. The highest BCUT2D eigenvalue weighted by molar-refractivity contribution is 7.92. The molecule has 0 aliphatic heterocycles. The number of aryl methyl sites for hydroxylation is 1. The van der Waals surface area contributed by atoms with Crippen LogP contribution in [-0.4, -0.2) is 33.1 Å². The maximum Gasteiger partial charge on any atom is 0.270 e. The number of aromatic nitrogens is 4. The maximum atomic E-state index is 12.5. The molecule has 1 N–H and O–H groups in total. The smallest absolute Gasteiger partial charge is 0.270 e. The molecule has 2 heterocycles. The highest BCUT2D eigenvalue weighted by Gasteiger charge is 2.18. The number of nitro benzene ring substituents is 1. The molecule has 33 heavy (non-hydrogen) atoms. The van der Waals surface area contributed by atoms with Gasteiger partial charge >= 0.3 is 0 Å². The number of anilines is 1. The third-order valence-electron chi connectivity index (χ3n) is 4.79. The summed E-state index contributed by atoms with van der Waals surface area (Å²) < 4.78 is 34.9. The quantitative estimate of drug-likeness (QED) is 0.320. The lowest BCUT2D eigenvalue weighted by Crippen LogP contribution is -2.13. The van der Waals surface area contributed by atoms with Gasteiger partial charge in [0.15, 0.2) is 5.82 Å². The van der Waals surface area contributed by atoms with Gasteiger partial charge in [0.05, 0.1) is 15.5 Å². The van der Waals surface area contributed by atoms with Crippen molar-refractivity contribution in [1.29, 1.82) is 0 Å². The first-order chi connectivity index (χ1) is 15.7. The Labute approximate surface area is 188 Å². The molecule has 0 atom stereocenters. The number of hydrogen-bond acceptors (Lipinski definition) is 8. The summed E-state index contributed by atoms with van der Waals surface area (Å²) in [7, 11) is -4.00. The molecule has 0 amide bonds. The van der Waals surface area contributed by atoms with E-state index in [-0.39, 0.29) is 22.2 Å². The Morgan fingerprint density at radius 1 is 1.03 bits per heavy atom. The minimum Gasteiger partial charge on any atom is -0.438 e. The van der Waals surface area contributed by atoms with E-state index < -0.39 is 14.9 Å². The molecular formula is C21H18N6O5S. The molecule has 0 fully saturated rings. The van der Waals surface area contributed by atoms with Gasteiger partial charge in [-0.25, -0.2) is 13.4 Å². The first kappa shape index (κ1) is 21.9. The van der Waals surface area contributed by atoms with Crippen molar-refractivity contribution < 1.29 is 18.1 Å². The van der Waals surface area contributed by atoms with Crippen LogP contribution in [0.5, 0.6) is 11.6 Å². The van der Waals surface area contributed by atoms with Crippen molar-refractivity contribution in [2.45, 2.75) is 18.7 Å². The van der Waals surface area contributed by atoms with E-state index in [1.165, 1.54) is 30.3 Å². The first-order valence-electron chi connectivity index (χ1n) is 9.63. The van der Waals surface area contributed by atoms with E-state index in [2.05, 4.69) is 19.9 Å². The second kappa shape index (κ2) is 8.67. The van der Waals surface area contributed by atoms with E-state index in [4.69, 9.17) is 4.74 Å². The summed E-state index contributed by atoms with van der Waals surface area (Å²) in [5.74, 6) is 1.29. The fourth-order valence-electron chi connectivity index (χ4n) is 2.92. The van der Waals surface area contributed by atoms with Gasteiger partial charge in [0.1, 0.15) is 12.1 Å². The van der Waals surface area contributed by atoms with Crippen molar-refractivity contribution >= 4 is 21.4 Å². The van der Waals surface area contributed by atoms with E-state index in [0.717, 1.165) is 17.5 Å². The van der Waals surface area contributed by atoms with Gasteiger partial charge in [0.25, 0.3) is 15.7 Å². The fraction of sp³-hybridized carbons (Fsp3) is 0.0952. The maximum absolute atomic E-state index is 12.5. The molecule has 11 nitrogen and oxygen atoms in total. The normalized spacial score (nSPS) is 11.2.